The van der Waals surface area contributed by atoms with Gasteiger partial charge in [-0.05, 0) is 26.0 Å². The lowest BCUT2D eigenvalue weighted by molar-refractivity contribution is -0.136. The monoisotopic (exact) mass is 382 g/mol. The highest BCUT2D eigenvalue weighted by atomic mass is 19.4. The topological polar surface area (TPSA) is 82.2 Å². The summed E-state index contributed by atoms with van der Waals surface area (Å²) in [4.78, 5) is 16.2. The Hall–Kier alpha value is -3.04. The number of amides is 1. The molecule has 7 nitrogen and oxygen atoms in total. The van der Waals surface area contributed by atoms with E-state index >= 15 is 0 Å². The van der Waals surface area contributed by atoms with Crippen LogP contribution in [0.1, 0.15) is 23.9 Å². The Morgan fingerprint density at radius 1 is 1.44 bits per heavy atom. The second-order valence-corrected chi connectivity index (χ2v) is 5.97. The molecule has 3 heterocycles. The molecule has 0 saturated heterocycles. The largest absolute Gasteiger partial charge is 0.467 e. The molecule has 1 amide bonds. The molecule has 0 radical (unpaired) electrons. The Morgan fingerprint density at radius 2 is 2.19 bits per heavy atom. The van der Waals surface area contributed by atoms with Crippen LogP contribution in [0.2, 0.25) is 0 Å². The predicted octanol–water partition coefficient (Wildman–Crippen LogP) is 2.97. The van der Waals surface area contributed by atoms with Crippen LogP contribution < -0.4 is 10.1 Å². The smallest absolute Gasteiger partial charge is 0.417 e. The average molecular weight is 382 g/mol. The van der Waals surface area contributed by atoms with Gasteiger partial charge in [-0.15, -0.1) is 0 Å². The normalized spacial score (nSPS) is 13.0. The van der Waals surface area contributed by atoms with E-state index in [1.54, 1.807) is 12.1 Å². The highest BCUT2D eigenvalue weighted by molar-refractivity contribution is 5.84. The summed E-state index contributed by atoms with van der Waals surface area (Å²) in [5.41, 5.74) is -0.667. The first-order valence-electron chi connectivity index (χ1n) is 8.05. The molecular weight excluding hydrogens is 365 g/mol. The summed E-state index contributed by atoms with van der Waals surface area (Å²) < 4.78 is 52.1. The van der Waals surface area contributed by atoms with Gasteiger partial charge in [0, 0.05) is 13.1 Å². The lowest BCUT2D eigenvalue weighted by Crippen LogP contribution is -2.36. The number of aromatic nitrogens is 3. The lowest BCUT2D eigenvalue weighted by Gasteiger charge is -2.16. The number of carbonyl (C=O) groups excluding carboxylic acids is 1. The summed E-state index contributed by atoms with van der Waals surface area (Å²) in [6.45, 7) is 3.04. The number of fused-ring (bicyclic) bond motifs is 1. The number of furan rings is 1. The Kier molecular flexibility index (Phi) is 4.81. The van der Waals surface area contributed by atoms with Gasteiger partial charge in [-0.3, -0.25) is 9.48 Å². The minimum atomic E-state index is -4.61. The van der Waals surface area contributed by atoms with Crippen LogP contribution in [0.5, 0.6) is 5.88 Å². The number of alkyl halides is 3. The summed E-state index contributed by atoms with van der Waals surface area (Å²) >= 11 is 0. The molecule has 1 N–H and O–H groups in total. The standard InChI is InChI=1S/C17H17F3N4O3/c1-9-14-12(17(18,19)20)7-13(22-15(14)24(3)23-9)27-10(2)16(25)21-8-11-5-4-6-26-11/h4-7,10H,8H2,1-3H3,(H,21,25)/t10-/m0/s1. The first-order chi connectivity index (χ1) is 12.7. The Bertz CT molecular complexity index is 964. The third kappa shape index (κ3) is 3.88. The van der Waals surface area contributed by atoms with Gasteiger partial charge in [0.15, 0.2) is 11.8 Å². The van der Waals surface area contributed by atoms with E-state index in [0.717, 1.165) is 6.07 Å². The molecule has 0 spiro atoms. The molecule has 144 valence electrons. The van der Waals surface area contributed by atoms with E-state index in [2.05, 4.69) is 15.4 Å². The maximum Gasteiger partial charge on any atom is 0.417 e. The van der Waals surface area contributed by atoms with Crippen molar-refractivity contribution in [3.63, 3.8) is 0 Å². The third-order valence-corrected chi connectivity index (χ3v) is 3.93. The van der Waals surface area contributed by atoms with Crippen molar-refractivity contribution in [2.45, 2.75) is 32.7 Å². The Balaban J connectivity index is 1.83. The predicted molar refractivity (Wildman–Crippen MR) is 88.9 cm³/mol. The third-order valence-electron chi connectivity index (χ3n) is 3.93. The zero-order chi connectivity index (χ0) is 19.8. The van der Waals surface area contributed by atoms with Gasteiger partial charge in [0.2, 0.25) is 5.88 Å². The quantitative estimate of drug-likeness (QED) is 0.734. The zero-order valence-electron chi connectivity index (χ0n) is 14.8. The molecule has 0 aliphatic heterocycles. The molecule has 3 aromatic rings. The average Bonchev–Trinajstić information content (AvgIpc) is 3.20. The van der Waals surface area contributed by atoms with E-state index in [4.69, 9.17) is 9.15 Å². The summed E-state index contributed by atoms with van der Waals surface area (Å²) in [5, 5.41) is 6.47. The molecule has 3 rings (SSSR count). The fourth-order valence-corrected chi connectivity index (χ4v) is 2.67. The van der Waals surface area contributed by atoms with E-state index in [1.165, 1.54) is 31.8 Å². The van der Waals surface area contributed by atoms with Crippen LogP contribution in [-0.2, 0) is 24.6 Å². The second kappa shape index (κ2) is 6.93. The number of hydrogen-bond acceptors (Lipinski definition) is 5. The molecule has 10 heteroatoms. The molecule has 0 aliphatic rings. The molecule has 1 atom stereocenters. The van der Waals surface area contributed by atoms with Crippen molar-refractivity contribution >= 4 is 16.9 Å². The number of hydrogen-bond donors (Lipinski definition) is 1. The van der Waals surface area contributed by atoms with Crippen molar-refractivity contribution in [1.29, 1.82) is 0 Å². The van der Waals surface area contributed by atoms with Crippen LogP contribution in [0, 0.1) is 6.92 Å². The molecule has 0 aliphatic carbocycles. The zero-order valence-corrected chi connectivity index (χ0v) is 14.8. The number of rotatable bonds is 5. The van der Waals surface area contributed by atoms with Crippen LogP contribution >= 0.6 is 0 Å². The fourth-order valence-electron chi connectivity index (χ4n) is 2.67. The van der Waals surface area contributed by atoms with E-state index in [1.807, 2.05) is 0 Å². The van der Waals surface area contributed by atoms with Crippen molar-refractivity contribution in [1.82, 2.24) is 20.1 Å². The molecule has 0 saturated carbocycles. The molecular formula is C17H17F3N4O3. The van der Waals surface area contributed by atoms with Crippen LogP contribution in [0.4, 0.5) is 13.2 Å². The van der Waals surface area contributed by atoms with Crippen molar-refractivity contribution < 1.29 is 27.1 Å². The molecule has 0 unspecified atom stereocenters. The molecule has 27 heavy (non-hydrogen) atoms. The SMILES string of the molecule is Cc1nn(C)c2nc(O[C@@H](C)C(=O)NCc3ccco3)cc(C(F)(F)F)c12. The van der Waals surface area contributed by atoms with E-state index < -0.39 is 23.8 Å². The van der Waals surface area contributed by atoms with Crippen molar-refractivity contribution in [2.75, 3.05) is 0 Å². The van der Waals surface area contributed by atoms with Crippen LogP contribution in [0.15, 0.2) is 28.9 Å². The molecule has 0 fully saturated rings. The first kappa shape index (κ1) is 18.7. The van der Waals surface area contributed by atoms with Gasteiger partial charge in [-0.1, -0.05) is 0 Å². The number of aryl methyl sites for hydroxylation is 2. The lowest BCUT2D eigenvalue weighted by atomic mass is 10.1. The maximum atomic E-state index is 13.5. The summed E-state index contributed by atoms with van der Waals surface area (Å²) in [7, 11) is 1.49. The summed E-state index contributed by atoms with van der Waals surface area (Å²) in [6, 6.07) is 4.14. The van der Waals surface area contributed by atoms with E-state index in [0.29, 0.717) is 5.76 Å². The summed E-state index contributed by atoms with van der Waals surface area (Å²) in [6.07, 6.45) is -4.20. The molecule has 3 aromatic heterocycles. The van der Waals surface area contributed by atoms with Crippen LogP contribution in [-0.4, -0.2) is 26.8 Å². The Labute approximate surface area is 152 Å². The van der Waals surface area contributed by atoms with Gasteiger partial charge < -0.3 is 14.5 Å². The number of pyridine rings is 1. The highest BCUT2D eigenvalue weighted by Gasteiger charge is 2.36. The first-order valence-corrected chi connectivity index (χ1v) is 8.05. The van der Waals surface area contributed by atoms with Gasteiger partial charge in [0.1, 0.15) is 5.76 Å². The highest BCUT2D eigenvalue weighted by Crippen LogP contribution is 2.37. The fraction of sp³-hybridized carbons (Fsp3) is 0.353. The van der Waals surface area contributed by atoms with Crippen molar-refractivity contribution in [3.05, 3.63) is 41.5 Å². The minimum Gasteiger partial charge on any atom is -0.467 e. The van der Waals surface area contributed by atoms with Gasteiger partial charge in [0.05, 0.1) is 29.5 Å². The summed E-state index contributed by atoms with van der Waals surface area (Å²) in [5.74, 6) is -0.277. The van der Waals surface area contributed by atoms with Gasteiger partial charge >= 0.3 is 6.18 Å². The van der Waals surface area contributed by atoms with Gasteiger partial charge in [-0.2, -0.15) is 23.3 Å². The van der Waals surface area contributed by atoms with E-state index in [-0.39, 0.29) is 29.2 Å². The van der Waals surface area contributed by atoms with Crippen LogP contribution in [0.3, 0.4) is 0 Å². The van der Waals surface area contributed by atoms with Crippen molar-refractivity contribution in [2.24, 2.45) is 7.05 Å². The number of halogens is 3. The van der Waals surface area contributed by atoms with E-state index in [9.17, 15) is 18.0 Å². The van der Waals surface area contributed by atoms with Gasteiger partial charge in [-0.25, -0.2) is 0 Å². The van der Waals surface area contributed by atoms with Crippen molar-refractivity contribution in [3.8, 4) is 5.88 Å². The maximum absolute atomic E-state index is 13.5. The van der Waals surface area contributed by atoms with Gasteiger partial charge in [0.25, 0.3) is 5.91 Å². The number of ether oxygens (including phenoxy) is 1. The number of nitrogens with one attached hydrogen (secondary N) is 1. The Morgan fingerprint density at radius 3 is 2.81 bits per heavy atom. The van der Waals surface area contributed by atoms with Crippen LogP contribution in [0.25, 0.3) is 11.0 Å². The second-order valence-electron chi connectivity index (χ2n) is 5.97. The minimum absolute atomic E-state index is 0.0283. The molecule has 0 bridgehead atoms. The number of nitrogens with zero attached hydrogens (tertiary/aromatic N) is 3. The molecule has 0 aromatic carbocycles. The number of carbonyl (C=O) groups is 1.